The molecule has 0 amide bonds. The van der Waals surface area contributed by atoms with E-state index in [1.165, 1.54) is 9.75 Å². The molecule has 0 aliphatic carbocycles. The molecule has 2 heterocycles. The Labute approximate surface area is 105 Å². The van der Waals surface area contributed by atoms with Crippen molar-refractivity contribution in [2.45, 2.75) is 13.0 Å². The molecular weight excluding hydrogens is 232 g/mol. The number of nitrogens with zero attached hydrogens (tertiary/aromatic N) is 1. The second-order valence-corrected chi connectivity index (χ2v) is 5.08. The lowest BCUT2D eigenvalue weighted by Gasteiger charge is -2.16. The van der Waals surface area contributed by atoms with Crippen LogP contribution < -0.4 is 10.1 Å². The molecule has 2 aromatic rings. The maximum absolute atomic E-state index is 5.36. The van der Waals surface area contributed by atoms with Crippen molar-refractivity contribution in [1.29, 1.82) is 0 Å². The lowest BCUT2D eigenvalue weighted by molar-refractivity contribution is 0.402. The fourth-order valence-corrected chi connectivity index (χ4v) is 2.81. The zero-order valence-corrected chi connectivity index (χ0v) is 11.0. The molecule has 4 heteroatoms. The van der Waals surface area contributed by atoms with E-state index >= 15 is 0 Å². The van der Waals surface area contributed by atoms with E-state index in [1.54, 1.807) is 24.6 Å². The van der Waals surface area contributed by atoms with Gasteiger partial charge in [-0.15, -0.1) is 11.3 Å². The first kappa shape index (κ1) is 12.1. The van der Waals surface area contributed by atoms with Crippen LogP contribution in [0.2, 0.25) is 0 Å². The summed E-state index contributed by atoms with van der Waals surface area (Å²) in [6, 6.07) is 8.17. The molecule has 0 bridgehead atoms. The van der Waals surface area contributed by atoms with Crippen LogP contribution in [0.15, 0.2) is 30.5 Å². The van der Waals surface area contributed by atoms with E-state index in [1.807, 2.05) is 19.2 Å². The van der Waals surface area contributed by atoms with Crippen molar-refractivity contribution in [1.82, 2.24) is 10.3 Å². The molecule has 0 saturated heterocycles. The van der Waals surface area contributed by atoms with Gasteiger partial charge in [-0.2, -0.15) is 0 Å². The first-order valence-corrected chi connectivity index (χ1v) is 6.30. The van der Waals surface area contributed by atoms with Gasteiger partial charge >= 0.3 is 0 Å². The Morgan fingerprint density at radius 3 is 2.76 bits per heavy atom. The Kier molecular flexibility index (Phi) is 3.76. The van der Waals surface area contributed by atoms with Gasteiger partial charge < -0.3 is 10.1 Å². The molecule has 0 aliphatic rings. The van der Waals surface area contributed by atoms with Crippen molar-refractivity contribution in [2.24, 2.45) is 0 Å². The lowest BCUT2D eigenvalue weighted by Crippen LogP contribution is -2.18. The van der Waals surface area contributed by atoms with Crippen molar-refractivity contribution >= 4 is 11.3 Å². The van der Waals surface area contributed by atoms with Gasteiger partial charge in [0.1, 0.15) is 11.4 Å². The third-order valence-electron chi connectivity index (χ3n) is 2.63. The Morgan fingerprint density at radius 2 is 2.18 bits per heavy atom. The number of ether oxygens (including phenoxy) is 1. The average Bonchev–Trinajstić information content (AvgIpc) is 2.77. The van der Waals surface area contributed by atoms with E-state index in [-0.39, 0.29) is 6.04 Å². The van der Waals surface area contributed by atoms with Crippen LogP contribution in [0.25, 0.3) is 0 Å². The summed E-state index contributed by atoms with van der Waals surface area (Å²) in [5.41, 5.74) is 0.930. The number of nitrogens with one attached hydrogen (secondary N) is 1. The summed E-state index contributed by atoms with van der Waals surface area (Å²) < 4.78 is 5.36. The first-order chi connectivity index (χ1) is 8.26. The third-order valence-corrected chi connectivity index (χ3v) is 3.69. The molecule has 1 atom stereocenters. The summed E-state index contributed by atoms with van der Waals surface area (Å²) in [5, 5.41) is 3.29. The minimum absolute atomic E-state index is 0.0878. The quantitative estimate of drug-likeness (QED) is 0.903. The molecule has 17 heavy (non-hydrogen) atoms. The van der Waals surface area contributed by atoms with E-state index in [0.717, 1.165) is 11.4 Å². The van der Waals surface area contributed by atoms with E-state index < -0.39 is 0 Å². The maximum atomic E-state index is 5.36. The zero-order chi connectivity index (χ0) is 12.3. The molecule has 0 aromatic carbocycles. The van der Waals surface area contributed by atoms with Crippen molar-refractivity contribution < 1.29 is 4.74 Å². The average molecular weight is 248 g/mol. The summed E-state index contributed by atoms with van der Waals surface area (Å²) >= 11 is 1.78. The number of hydrogen-bond acceptors (Lipinski definition) is 4. The smallest absolute Gasteiger partial charge is 0.142 e. The Bertz CT molecular complexity index is 496. The third kappa shape index (κ3) is 2.48. The minimum atomic E-state index is 0.0878. The maximum Gasteiger partial charge on any atom is 0.142 e. The second-order valence-electron chi connectivity index (χ2n) is 3.76. The number of hydrogen-bond donors (Lipinski definition) is 1. The van der Waals surface area contributed by atoms with Crippen molar-refractivity contribution in [2.75, 3.05) is 14.2 Å². The highest BCUT2D eigenvalue weighted by Gasteiger charge is 2.18. The molecule has 1 unspecified atom stereocenters. The largest absolute Gasteiger partial charge is 0.495 e. The van der Waals surface area contributed by atoms with Gasteiger partial charge in [-0.3, -0.25) is 4.98 Å². The topological polar surface area (TPSA) is 34.2 Å². The summed E-state index contributed by atoms with van der Waals surface area (Å²) in [6.07, 6.45) is 1.79. The minimum Gasteiger partial charge on any atom is -0.495 e. The van der Waals surface area contributed by atoms with Gasteiger partial charge in [-0.1, -0.05) is 0 Å². The fraction of sp³-hybridized carbons (Fsp3) is 0.308. The monoisotopic (exact) mass is 248 g/mol. The van der Waals surface area contributed by atoms with Crippen LogP contribution in [-0.2, 0) is 0 Å². The van der Waals surface area contributed by atoms with Gasteiger partial charge in [0, 0.05) is 16.0 Å². The standard InChI is InChI=1S/C13H16N2OS/c1-9-6-7-11(17-9)13(14-2)12-10(16-3)5-4-8-15-12/h4-8,13-14H,1-3H3. The number of thiophene rings is 1. The molecule has 0 saturated carbocycles. The van der Waals surface area contributed by atoms with Gasteiger partial charge in [-0.25, -0.2) is 0 Å². The number of pyridine rings is 1. The molecule has 90 valence electrons. The number of methoxy groups -OCH3 is 1. The van der Waals surface area contributed by atoms with E-state index in [2.05, 4.69) is 29.4 Å². The number of aryl methyl sites for hydroxylation is 1. The molecule has 0 aliphatic heterocycles. The highest BCUT2D eigenvalue weighted by atomic mass is 32.1. The Morgan fingerprint density at radius 1 is 1.35 bits per heavy atom. The summed E-state index contributed by atoms with van der Waals surface area (Å²) in [4.78, 5) is 6.98. The predicted octanol–water partition coefficient (Wildman–Crippen LogP) is 2.77. The zero-order valence-electron chi connectivity index (χ0n) is 10.2. The van der Waals surface area contributed by atoms with Gasteiger partial charge in [0.25, 0.3) is 0 Å². The highest BCUT2D eigenvalue weighted by Crippen LogP contribution is 2.31. The van der Waals surface area contributed by atoms with E-state index in [4.69, 9.17) is 4.74 Å². The molecule has 0 radical (unpaired) electrons. The van der Waals surface area contributed by atoms with Crippen LogP contribution in [0.1, 0.15) is 21.5 Å². The molecule has 3 nitrogen and oxygen atoms in total. The number of rotatable bonds is 4. The molecule has 0 fully saturated rings. The number of aromatic nitrogens is 1. The molecule has 1 N–H and O–H groups in total. The van der Waals surface area contributed by atoms with Crippen molar-refractivity contribution in [3.05, 3.63) is 45.9 Å². The van der Waals surface area contributed by atoms with Gasteiger partial charge in [0.15, 0.2) is 0 Å². The normalized spacial score (nSPS) is 12.4. The lowest BCUT2D eigenvalue weighted by atomic mass is 10.1. The fourth-order valence-electron chi connectivity index (χ4n) is 1.81. The summed E-state index contributed by atoms with van der Waals surface area (Å²) in [6.45, 7) is 2.11. The van der Waals surface area contributed by atoms with Crippen LogP contribution in [0.5, 0.6) is 5.75 Å². The first-order valence-electron chi connectivity index (χ1n) is 5.48. The SMILES string of the molecule is CNC(c1ccc(C)s1)c1ncccc1OC. The van der Waals surface area contributed by atoms with Gasteiger partial charge in [0.2, 0.25) is 0 Å². The van der Waals surface area contributed by atoms with Crippen LogP contribution in [-0.4, -0.2) is 19.1 Å². The van der Waals surface area contributed by atoms with Crippen LogP contribution in [0.3, 0.4) is 0 Å². The predicted molar refractivity (Wildman–Crippen MR) is 70.7 cm³/mol. The van der Waals surface area contributed by atoms with Gasteiger partial charge in [0.05, 0.1) is 13.2 Å². The van der Waals surface area contributed by atoms with Crippen molar-refractivity contribution in [3.8, 4) is 5.75 Å². The summed E-state index contributed by atoms with van der Waals surface area (Å²) in [7, 11) is 3.61. The molecule has 2 aromatic heterocycles. The Hall–Kier alpha value is -1.39. The molecule has 0 spiro atoms. The highest BCUT2D eigenvalue weighted by molar-refractivity contribution is 7.12. The van der Waals surface area contributed by atoms with Crippen LogP contribution >= 0.6 is 11.3 Å². The molecule has 2 rings (SSSR count). The molecular formula is C13H16N2OS. The Balaban J connectivity index is 2.41. The van der Waals surface area contributed by atoms with E-state index in [0.29, 0.717) is 0 Å². The van der Waals surface area contributed by atoms with Crippen LogP contribution in [0.4, 0.5) is 0 Å². The second kappa shape index (κ2) is 5.29. The van der Waals surface area contributed by atoms with E-state index in [9.17, 15) is 0 Å². The van der Waals surface area contributed by atoms with Crippen LogP contribution in [0, 0.1) is 6.92 Å². The summed E-state index contributed by atoms with van der Waals surface area (Å²) in [5.74, 6) is 0.818. The van der Waals surface area contributed by atoms with Crippen molar-refractivity contribution in [3.63, 3.8) is 0 Å². The van der Waals surface area contributed by atoms with Gasteiger partial charge in [-0.05, 0) is 38.2 Å².